The normalized spacial score (nSPS) is 11.5. The molecule has 3 aromatic rings. The van der Waals surface area contributed by atoms with Crippen LogP contribution in [0.4, 0.5) is 0 Å². The molecule has 2 amide bonds. The summed E-state index contributed by atoms with van der Waals surface area (Å²) < 4.78 is 12.5. The van der Waals surface area contributed by atoms with Crippen LogP contribution in [0.15, 0.2) is 54.9 Å². The van der Waals surface area contributed by atoms with E-state index >= 15 is 0 Å². The van der Waals surface area contributed by atoms with Crippen molar-refractivity contribution >= 4 is 11.8 Å². The molecule has 0 unspecified atom stereocenters. The van der Waals surface area contributed by atoms with Crippen molar-refractivity contribution in [3.8, 4) is 11.5 Å². The molecule has 1 atom stereocenters. The maximum Gasteiger partial charge on any atom is 0.251 e. The highest BCUT2D eigenvalue weighted by molar-refractivity contribution is 5.97. The van der Waals surface area contributed by atoms with Crippen molar-refractivity contribution in [2.45, 2.75) is 13.0 Å². The molecule has 0 aliphatic carbocycles. The first kappa shape index (κ1) is 21.9. The Bertz CT molecular complexity index is 1050. The van der Waals surface area contributed by atoms with E-state index in [0.717, 1.165) is 11.1 Å². The van der Waals surface area contributed by atoms with Crippen LogP contribution < -0.4 is 20.1 Å². The number of nitrogens with zero attached hydrogens (tertiary/aromatic N) is 2. The highest BCUT2D eigenvalue weighted by Crippen LogP contribution is 2.29. The smallest absolute Gasteiger partial charge is 0.251 e. The van der Waals surface area contributed by atoms with Crippen molar-refractivity contribution in [1.82, 2.24) is 20.2 Å². The van der Waals surface area contributed by atoms with E-state index < -0.39 is 6.04 Å². The third-order valence-corrected chi connectivity index (χ3v) is 4.93. The van der Waals surface area contributed by atoms with Crippen molar-refractivity contribution < 1.29 is 19.1 Å². The molecule has 0 aliphatic rings. The van der Waals surface area contributed by atoms with E-state index in [9.17, 15) is 9.59 Å². The summed E-state index contributed by atoms with van der Waals surface area (Å²) in [6, 6.07) is 12.0. The first-order valence-electron chi connectivity index (χ1n) is 9.76. The molecular formula is C23H26N4O4. The zero-order valence-corrected chi connectivity index (χ0v) is 18.0. The summed E-state index contributed by atoms with van der Waals surface area (Å²) in [4.78, 5) is 29.6. The summed E-state index contributed by atoms with van der Waals surface area (Å²) in [6.07, 6.45) is 3.46. The Morgan fingerprint density at radius 1 is 1.10 bits per heavy atom. The number of carbonyl (C=O) groups is 2. The third kappa shape index (κ3) is 5.22. The second-order valence-electron chi connectivity index (χ2n) is 7.04. The number of benzene rings is 2. The molecule has 0 fully saturated rings. The van der Waals surface area contributed by atoms with Crippen LogP contribution in [0, 0.1) is 6.92 Å². The van der Waals surface area contributed by atoms with Gasteiger partial charge >= 0.3 is 0 Å². The molecule has 0 saturated heterocycles. The van der Waals surface area contributed by atoms with Crippen molar-refractivity contribution in [2.75, 3.05) is 20.8 Å². The molecule has 0 aliphatic heterocycles. The Morgan fingerprint density at radius 2 is 1.77 bits per heavy atom. The highest BCUT2D eigenvalue weighted by Gasteiger charge is 2.23. The van der Waals surface area contributed by atoms with Gasteiger partial charge in [0.2, 0.25) is 5.91 Å². The van der Waals surface area contributed by atoms with Crippen molar-refractivity contribution in [3.05, 3.63) is 77.4 Å². The minimum Gasteiger partial charge on any atom is -0.497 e. The predicted octanol–water partition coefficient (Wildman–Crippen LogP) is 2.38. The van der Waals surface area contributed by atoms with Gasteiger partial charge in [0.1, 0.15) is 23.4 Å². The summed E-state index contributed by atoms with van der Waals surface area (Å²) in [5, 5.41) is 5.63. The van der Waals surface area contributed by atoms with Gasteiger partial charge in [-0.1, -0.05) is 18.2 Å². The second-order valence-corrected chi connectivity index (χ2v) is 7.04. The number of ether oxygens (including phenoxy) is 2. The number of aromatic nitrogens is 2. The van der Waals surface area contributed by atoms with Gasteiger partial charge < -0.3 is 24.7 Å². The first-order chi connectivity index (χ1) is 14.9. The minimum absolute atomic E-state index is 0.171. The quantitative estimate of drug-likeness (QED) is 0.581. The zero-order chi connectivity index (χ0) is 22.4. The molecule has 31 heavy (non-hydrogen) atoms. The number of nitrogens with one attached hydrogen (secondary N) is 2. The fraction of sp³-hybridized carbons (Fsp3) is 0.261. The number of imidazole rings is 1. The molecule has 0 bridgehead atoms. The van der Waals surface area contributed by atoms with Gasteiger partial charge in [-0.05, 0) is 36.2 Å². The number of hydrogen-bond donors (Lipinski definition) is 2. The maximum atomic E-state index is 12.7. The van der Waals surface area contributed by atoms with E-state index in [1.54, 1.807) is 44.8 Å². The Kier molecular flexibility index (Phi) is 6.92. The maximum absolute atomic E-state index is 12.7. The summed E-state index contributed by atoms with van der Waals surface area (Å²) in [7, 11) is 4.97. The highest BCUT2D eigenvalue weighted by atomic mass is 16.5. The molecular weight excluding hydrogens is 396 g/mol. The lowest BCUT2D eigenvalue weighted by Gasteiger charge is -2.21. The van der Waals surface area contributed by atoms with Gasteiger partial charge in [-0.2, -0.15) is 0 Å². The van der Waals surface area contributed by atoms with E-state index in [-0.39, 0.29) is 18.4 Å². The van der Waals surface area contributed by atoms with Gasteiger partial charge in [0.05, 0.1) is 20.8 Å². The number of amides is 2. The van der Waals surface area contributed by atoms with Crippen molar-refractivity contribution in [2.24, 2.45) is 7.05 Å². The largest absolute Gasteiger partial charge is 0.497 e. The van der Waals surface area contributed by atoms with E-state index in [1.807, 2.05) is 42.8 Å². The standard InChI is InChI=1S/C23H26N4O4/c1-15-7-5-6-8-19(15)23(29)25-14-20(28)26-21(22-24-9-10-27(22)2)16-11-17(30-3)13-18(12-16)31-4/h5-13,21H,14H2,1-4H3,(H,25,29)(H,26,28)/t21-/m1/s1. The minimum atomic E-state index is -0.563. The van der Waals surface area contributed by atoms with Crippen molar-refractivity contribution in [3.63, 3.8) is 0 Å². The predicted molar refractivity (Wildman–Crippen MR) is 116 cm³/mol. The summed E-state index contributed by atoms with van der Waals surface area (Å²) in [6.45, 7) is 1.68. The zero-order valence-electron chi connectivity index (χ0n) is 18.0. The molecule has 8 nitrogen and oxygen atoms in total. The van der Waals surface area contributed by atoms with Gasteiger partial charge in [-0.15, -0.1) is 0 Å². The number of aryl methyl sites for hydroxylation is 2. The molecule has 8 heteroatoms. The van der Waals surface area contributed by atoms with Crippen LogP contribution in [0.25, 0.3) is 0 Å². The number of carbonyl (C=O) groups excluding carboxylic acids is 2. The van der Waals surface area contributed by atoms with Gasteiger partial charge in [0.15, 0.2) is 0 Å². The van der Waals surface area contributed by atoms with Crippen LogP contribution in [0.5, 0.6) is 11.5 Å². The molecule has 1 aromatic heterocycles. The lowest BCUT2D eigenvalue weighted by molar-refractivity contribution is -0.120. The molecule has 162 valence electrons. The molecule has 0 spiro atoms. The van der Waals surface area contributed by atoms with E-state index in [1.165, 1.54) is 0 Å². The van der Waals surface area contributed by atoms with E-state index in [0.29, 0.717) is 22.9 Å². The van der Waals surface area contributed by atoms with Crippen LogP contribution in [0.1, 0.15) is 33.4 Å². The van der Waals surface area contributed by atoms with Crippen LogP contribution in [0.3, 0.4) is 0 Å². The van der Waals surface area contributed by atoms with Gasteiger partial charge in [0, 0.05) is 31.1 Å². The topological polar surface area (TPSA) is 94.5 Å². The van der Waals surface area contributed by atoms with E-state index in [2.05, 4.69) is 15.6 Å². The monoisotopic (exact) mass is 422 g/mol. The molecule has 2 aromatic carbocycles. The average Bonchev–Trinajstić information content (AvgIpc) is 3.21. The van der Waals surface area contributed by atoms with Gasteiger partial charge in [-0.3, -0.25) is 9.59 Å². The van der Waals surface area contributed by atoms with Crippen LogP contribution in [0.2, 0.25) is 0 Å². The fourth-order valence-corrected chi connectivity index (χ4v) is 3.24. The Labute approximate surface area is 181 Å². The SMILES string of the molecule is COc1cc(OC)cc([C@@H](NC(=O)CNC(=O)c2ccccc2C)c2nccn2C)c1. The summed E-state index contributed by atoms with van der Waals surface area (Å²) in [5.74, 6) is 1.17. The summed E-state index contributed by atoms with van der Waals surface area (Å²) in [5.41, 5.74) is 2.12. The number of hydrogen-bond acceptors (Lipinski definition) is 5. The van der Waals surface area contributed by atoms with Gasteiger partial charge in [-0.25, -0.2) is 4.98 Å². The first-order valence-corrected chi connectivity index (χ1v) is 9.76. The average molecular weight is 422 g/mol. The van der Waals surface area contributed by atoms with Crippen LogP contribution in [-0.4, -0.2) is 42.1 Å². The second kappa shape index (κ2) is 9.80. The molecule has 0 radical (unpaired) electrons. The lowest BCUT2D eigenvalue weighted by atomic mass is 10.0. The lowest BCUT2D eigenvalue weighted by Crippen LogP contribution is -2.39. The van der Waals surface area contributed by atoms with Crippen LogP contribution in [-0.2, 0) is 11.8 Å². The van der Waals surface area contributed by atoms with Gasteiger partial charge in [0.25, 0.3) is 5.91 Å². The number of methoxy groups -OCH3 is 2. The third-order valence-electron chi connectivity index (χ3n) is 4.93. The Morgan fingerprint density at radius 3 is 2.35 bits per heavy atom. The molecule has 0 saturated carbocycles. The molecule has 3 rings (SSSR count). The fourth-order valence-electron chi connectivity index (χ4n) is 3.24. The van der Waals surface area contributed by atoms with Crippen LogP contribution >= 0.6 is 0 Å². The van der Waals surface area contributed by atoms with Crippen molar-refractivity contribution in [1.29, 1.82) is 0 Å². The molecule has 2 N–H and O–H groups in total. The van der Waals surface area contributed by atoms with E-state index in [4.69, 9.17) is 9.47 Å². The Hall–Kier alpha value is -3.81. The number of rotatable bonds is 8. The summed E-state index contributed by atoms with van der Waals surface area (Å²) >= 11 is 0. The molecule has 1 heterocycles. The Balaban J connectivity index is 1.80.